The van der Waals surface area contributed by atoms with E-state index in [1.807, 2.05) is 0 Å². The van der Waals surface area contributed by atoms with E-state index in [1.165, 1.54) is 31.2 Å². The second-order valence-electron chi connectivity index (χ2n) is 9.82. The van der Waals surface area contributed by atoms with Crippen LogP contribution in [-0.4, -0.2) is 43.5 Å². The maximum Gasteiger partial charge on any atom is 0.240 e. The first-order valence-electron chi connectivity index (χ1n) is 11.1. The van der Waals surface area contributed by atoms with Crippen LogP contribution in [0.2, 0.25) is 0 Å². The highest BCUT2D eigenvalue weighted by atomic mass is 16.5. The van der Waals surface area contributed by atoms with Gasteiger partial charge in [0, 0.05) is 0 Å². The van der Waals surface area contributed by atoms with E-state index in [9.17, 15) is 5.11 Å². The second-order valence-corrected chi connectivity index (χ2v) is 9.82. The molecule has 4 heterocycles. The van der Waals surface area contributed by atoms with Gasteiger partial charge in [-0.15, -0.1) is 0 Å². The van der Waals surface area contributed by atoms with Gasteiger partial charge >= 0.3 is 0 Å². The average molecular weight is 375 g/mol. The normalized spacial score (nSPS) is 39.9. The summed E-state index contributed by atoms with van der Waals surface area (Å²) >= 11 is 0. The fraction of sp³-hybridized carbons (Fsp3) is 0.739. The van der Waals surface area contributed by atoms with Crippen LogP contribution in [0.3, 0.4) is 0 Å². The lowest BCUT2D eigenvalue weighted by Crippen LogP contribution is -3.41. The molecule has 4 bridgehead atoms. The van der Waals surface area contributed by atoms with Gasteiger partial charge in [-0.25, -0.2) is 0 Å². The molecule has 1 aromatic carbocycles. The lowest BCUT2D eigenvalue weighted by molar-refractivity contribution is -1.19. The van der Waals surface area contributed by atoms with Crippen molar-refractivity contribution in [2.45, 2.75) is 71.8 Å². The molecule has 1 aromatic rings. The highest BCUT2D eigenvalue weighted by Gasteiger charge is 2.70. The SMILES string of the molecule is CCCC12C[NH+]3CC(CCC)(C[NH+](C1)C3c1ccc(OC(C)C)cc1)C2O. The molecule has 0 unspecified atom stereocenters. The van der Waals surface area contributed by atoms with Gasteiger partial charge in [-0.05, 0) is 51.0 Å². The number of hydrogen-bond donors (Lipinski definition) is 3. The van der Waals surface area contributed by atoms with E-state index in [-0.39, 0.29) is 23.0 Å². The minimum Gasteiger partial charge on any atom is -0.491 e. The first-order chi connectivity index (χ1) is 12.9. The van der Waals surface area contributed by atoms with Gasteiger partial charge in [-0.3, -0.25) is 9.80 Å². The number of aliphatic hydroxyl groups excluding tert-OH is 1. The van der Waals surface area contributed by atoms with E-state index in [2.05, 4.69) is 52.0 Å². The minimum absolute atomic E-state index is 0.111. The molecule has 27 heavy (non-hydrogen) atoms. The molecular weight excluding hydrogens is 336 g/mol. The molecule has 4 aliphatic rings. The first kappa shape index (κ1) is 19.2. The van der Waals surface area contributed by atoms with Crippen LogP contribution in [-0.2, 0) is 0 Å². The van der Waals surface area contributed by atoms with Gasteiger partial charge in [0.15, 0.2) is 0 Å². The predicted molar refractivity (Wildman–Crippen MR) is 107 cm³/mol. The Morgan fingerprint density at radius 2 is 1.44 bits per heavy atom. The maximum atomic E-state index is 11.4. The number of quaternary nitrogens is 2. The topological polar surface area (TPSA) is 38.3 Å². The number of rotatable bonds is 7. The number of ether oxygens (including phenoxy) is 1. The Morgan fingerprint density at radius 3 is 1.85 bits per heavy atom. The third-order valence-corrected chi connectivity index (χ3v) is 7.37. The van der Waals surface area contributed by atoms with Crippen molar-refractivity contribution in [2.75, 3.05) is 26.2 Å². The molecule has 4 heteroatoms. The van der Waals surface area contributed by atoms with Crippen molar-refractivity contribution in [1.82, 2.24) is 0 Å². The van der Waals surface area contributed by atoms with Crippen LogP contribution in [0.15, 0.2) is 24.3 Å². The highest BCUT2D eigenvalue weighted by molar-refractivity contribution is 5.28. The van der Waals surface area contributed by atoms with Gasteiger partial charge in [0.05, 0.1) is 54.8 Å². The molecule has 3 N–H and O–H groups in total. The Bertz CT molecular complexity index is 615. The number of benzene rings is 1. The third-order valence-electron chi connectivity index (χ3n) is 7.37. The fourth-order valence-corrected chi connectivity index (χ4v) is 6.90. The summed E-state index contributed by atoms with van der Waals surface area (Å²) in [6.07, 6.45) is 5.30. The summed E-state index contributed by atoms with van der Waals surface area (Å²) < 4.78 is 5.84. The van der Waals surface area contributed by atoms with Crippen LogP contribution in [0.4, 0.5) is 0 Å². The molecule has 4 saturated heterocycles. The van der Waals surface area contributed by atoms with Gasteiger partial charge in [0.2, 0.25) is 6.17 Å². The molecule has 0 atom stereocenters. The summed E-state index contributed by atoms with van der Waals surface area (Å²) in [7, 11) is 0. The number of piperidine rings is 2. The minimum atomic E-state index is -0.111. The molecule has 5 rings (SSSR count). The molecule has 0 amide bonds. The van der Waals surface area contributed by atoms with Gasteiger partial charge in [0.1, 0.15) is 5.75 Å². The smallest absolute Gasteiger partial charge is 0.240 e. The van der Waals surface area contributed by atoms with E-state index in [4.69, 9.17) is 4.74 Å². The summed E-state index contributed by atoms with van der Waals surface area (Å²) in [5.41, 5.74) is 1.69. The Morgan fingerprint density at radius 1 is 0.963 bits per heavy atom. The quantitative estimate of drug-likeness (QED) is 0.671. The first-order valence-corrected chi connectivity index (χ1v) is 11.1. The second kappa shape index (κ2) is 7.06. The molecule has 4 aliphatic heterocycles. The van der Waals surface area contributed by atoms with Crippen molar-refractivity contribution >= 4 is 0 Å². The molecule has 0 aromatic heterocycles. The molecule has 0 spiro atoms. The molecule has 0 aliphatic carbocycles. The Balaban J connectivity index is 1.62. The standard InChI is InChI=1S/C23H36N2O2/c1-5-11-22-13-24-15-23(12-6-2,21(22)26)16-25(14-22)20(24)18-7-9-19(10-8-18)27-17(3)4/h7-10,17,20-21,26H,5-6,11-16H2,1-4H3/p+2. The lowest BCUT2D eigenvalue weighted by Gasteiger charge is -2.64. The van der Waals surface area contributed by atoms with E-state index < -0.39 is 0 Å². The van der Waals surface area contributed by atoms with E-state index in [1.54, 1.807) is 9.80 Å². The van der Waals surface area contributed by atoms with Gasteiger partial charge in [-0.2, -0.15) is 0 Å². The monoisotopic (exact) mass is 374 g/mol. The molecular formula is C23H38N2O2+2. The Kier molecular flexibility index (Phi) is 5.02. The largest absolute Gasteiger partial charge is 0.491 e. The molecule has 4 fully saturated rings. The van der Waals surface area contributed by atoms with E-state index in [0.717, 1.165) is 31.9 Å². The van der Waals surface area contributed by atoms with Crippen molar-refractivity contribution in [3.8, 4) is 5.75 Å². The van der Waals surface area contributed by atoms with Crippen molar-refractivity contribution in [1.29, 1.82) is 0 Å². The van der Waals surface area contributed by atoms with Crippen LogP contribution in [0, 0.1) is 10.8 Å². The summed E-state index contributed by atoms with van der Waals surface area (Å²) in [6, 6.07) is 8.83. The van der Waals surface area contributed by atoms with Crippen LogP contribution in [0.25, 0.3) is 0 Å². The maximum absolute atomic E-state index is 11.4. The summed E-state index contributed by atoms with van der Waals surface area (Å²) in [6.45, 7) is 13.2. The van der Waals surface area contributed by atoms with Crippen LogP contribution in [0.5, 0.6) is 5.75 Å². The van der Waals surface area contributed by atoms with Crippen molar-refractivity contribution < 1.29 is 19.6 Å². The third kappa shape index (κ3) is 3.10. The Labute approximate surface area is 164 Å². The van der Waals surface area contributed by atoms with Crippen molar-refractivity contribution in [2.24, 2.45) is 10.8 Å². The summed E-state index contributed by atoms with van der Waals surface area (Å²) in [4.78, 5) is 3.40. The number of hydrogen-bond acceptors (Lipinski definition) is 2. The van der Waals surface area contributed by atoms with Gasteiger partial charge in [0.25, 0.3) is 0 Å². The lowest BCUT2D eigenvalue weighted by atomic mass is 9.56. The summed E-state index contributed by atoms with van der Waals surface area (Å²) in [5, 5.41) is 11.4. The summed E-state index contributed by atoms with van der Waals surface area (Å²) in [5.74, 6) is 0.966. The van der Waals surface area contributed by atoms with Crippen LogP contribution < -0.4 is 14.5 Å². The zero-order chi connectivity index (χ0) is 19.2. The molecule has 0 radical (unpaired) electrons. The number of aliphatic hydroxyl groups is 1. The van der Waals surface area contributed by atoms with Crippen molar-refractivity contribution in [3.05, 3.63) is 29.8 Å². The molecule has 150 valence electrons. The van der Waals surface area contributed by atoms with Crippen molar-refractivity contribution in [3.63, 3.8) is 0 Å². The average Bonchev–Trinajstić information content (AvgIpc) is 2.60. The Hall–Kier alpha value is -1.10. The van der Waals surface area contributed by atoms with Crippen LogP contribution >= 0.6 is 0 Å². The zero-order valence-electron chi connectivity index (χ0n) is 17.6. The van der Waals surface area contributed by atoms with Crippen LogP contribution in [0.1, 0.15) is 65.1 Å². The number of nitrogens with one attached hydrogen (secondary N) is 2. The van der Waals surface area contributed by atoms with E-state index in [0.29, 0.717) is 6.17 Å². The molecule has 4 nitrogen and oxygen atoms in total. The molecule has 0 saturated carbocycles. The van der Waals surface area contributed by atoms with Gasteiger partial charge in [-0.1, -0.05) is 26.7 Å². The highest BCUT2D eigenvalue weighted by Crippen LogP contribution is 2.45. The van der Waals surface area contributed by atoms with E-state index >= 15 is 0 Å². The zero-order valence-corrected chi connectivity index (χ0v) is 17.6. The predicted octanol–water partition coefficient (Wildman–Crippen LogP) is 1.22. The fourth-order valence-electron chi connectivity index (χ4n) is 6.90. The van der Waals surface area contributed by atoms with Gasteiger partial charge < -0.3 is 9.84 Å².